The summed E-state index contributed by atoms with van der Waals surface area (Å²) in [6.07, 6.45) is -4.43. The molecule has 0 radical (unpaired) electrons. The number of hydrogen-bond acceptors (Lipinski definition) is 10. The van der Waals surface area contributed by atoms with Crippen molar-refractivity contribution in [1.82, 2.24) is 29.5 Å². The number of alkyl halides is 3. The van der Waals surface area contributed by atoms with Crippen LogP contribution in [0.15, 0.2) is 42.5 Å². The van der Waals surface area contributed by atoms with Crippen LogP contribution in [0.25, 0.3) is 16.9 Å². The number of fused-ring (bicyclic) bond motifs is 1. The van der Waals surface area contributed by atoms with Gasteiger partial charge in [0, 0.05) is 37.8 Å². The van der Waals surface area contributed by atoms with Gasteiger partial charge in [-0.1, -0.05) is 12.1 Å². The lowest BCUT2D eigenvalue weighted by Gasteiger charge is -2.25. The molecule has 0 bridgehead atoms. The molecule has 4 aromatic rings. The molecule has 4 N–H and O–H groups in total. The summed E-state index contributed by atoms with van der Waals surface area (Å²) in [7, 11) is 0. The molecule has 4 heterocycles. The zero-order chi connectivity index (χ0) is 27.4. The van der Waals surface area contributed by atoms with Gasteiger partial charge in [0.1, 0.15) is 17.7 Å². The van der Waals surface area contributed by atoms with Gasteiger partial charge in [-0.2, -0.15) is 22.9 Å². The van der Waals surface area contributed by atoms with Gasteiger partial charge in [0.25, 0.3) is 0 Å². The van der Waals surface area contributed by atoms with Crippen molar-refractivity contribution in [2.45, 2.75) is 12.7 Å². The minimum absolute atomic E-state index is 0.137. The third-order valence-corrected chi connectivity index (χ3v) is 6.10. The van der Waals surface area contributed by atoms with Crippen LogP contribution in [0.1, 0.15) is 17.0 Å². The van der Waals surface area contributed by atoms with Crippen LogP contribution in [0.4, 0.5) is 30.8 Å². The molecule has 1 aliphatic rings. The van der Waals surface area contributed by atoms with E-state index in [1.807, 2.05) is 6.07 Å². The van der Waals surface area contributed by atoms with Crippen molar-refractivity contribution < 1.29 is 17.9 Å². The van der Waals surface area contributed by atoms with E-state index in [1.54, 1.807) is 22.7 Å². The number of nitrogens with one attached hydrogen (secondary N) is 2. The fourth-order valence-corrected chi connectivity index (χ4v) is 4.09. The van der Waals surface area contributed by atoms with E-state index in [0.29, 0.717) is 72.9 Å². The van der Waals surface area contributed by atoms with Crippen molar-refractivity contribution in [3.8, 4) is 17.3 Å². The molecule has 0 spiro atoms. The molecule has 202 valence electrons. The van der Waals surface area contributed by atoms with Crippen molar-refractivity contribution in [3.63, 3.8) is 0 Å². The first-order valence-corrected chi connectivity index (χ1v) is 12.2. The average molecular weight is 539 g/mol. The molecule has 1 fully saturated rings. The summed E-state index contributed by atoms with van der Waals surface area (Å²) in [6, 6.07) is 11.7. The summed E-state index contributed by atoms with van der Waals surface area (Å²) < 4.78 is 46.2. The first kappa shape index (κ1) is 26.1. The average Bonchev–Trinajstić information content (AvgIpc) is 3.33. The fraction of sp³-hybridized carbons (Fsp3) is 0.320. The first-order valence-electron chi connectivity index (χ1n) is 12.2. The molecule has 1 saturated heterocycles. The van der Waals surface area contributed by atoms with Crippen molar-refractivity contribution in [3.05, 3.63) is 59.4 Å². The van der Waals surface area contributed by atoms with Gasteiger partial charge in [0.15, 0.2) is 11.5 Å². The predicted molar refractivity (Wildman–Crippen MR) is 138 cm³/mol. The van der Waals surface area contributed by atoms with Crippen molar-refractivity contribution >= 4 is 23.2 Å². The standard InChI is InChI=1S/C25H25F3N10O/c26-25(27,28)18-4-1-16(2-5-18)19-13-22-34-21(15-37-9-11-39-12-10-37)36-38(22)24(33-19)32-8-7-31-20-6-3-17(14-29)23(30)35-20/h1-6,13H,7-12,15H2,(H,32,33)(H3,30,31,35). The predicted octanol–water partition coefficient (Wildman–Crippen LogP) is 3.02. The summed E-state index contributed by atoms with van der Waals surface area (Å²) >= 11 is 0. The Morgan fingerprint density at radius 3 is 2.44 bits per heavy atom. The van der Waals surface area contributed by atoms with E-state index in [0.717, 1.165) is 25.2 Å². The fourth-order valence-electron chi connectivity index (χ4n) is 4.09. The Morgan fingerprint density at radius 2 is 1.74 bits per heavy atom. The van der Waals surface area contributed by atoms with Crippen molar-refractivity contribution in [1.29, 1.82) is 5.26 Å². The lowest BCUT2D eigenvalue weighted by atomic mass is 10.1. The van der Waals surface area contributed by atoms with Gasteiger partial charge in [0.2, 0.25) is 5.95 Å². The van der Waals surface area contributed by atoms with Gasteiger partial charge in [-0.15, -0.1) is 5.10 Å². The van der Waals surface area contributed by atoms with E-state index in [1.165, 1.54) is 12.1 Å². The van der Waals surface area contributed by atoms with Crippen LogP contribution in [0.5, 0.6) is 0 Å². The molecule has 5 rings (SSSR count). The van der Waals surface area contributed by atoms with E-state index in [-0.39, 0.29) is 5.82 Å². The number of pyridine rings is 1. The Kier molecular flexibility index (Phi) is 7.44. The number of nitrogen functional groups attached to an aromatic ring is 1. The molecule has 14 heteroatoms. The van der Waals surface area contributed by atoms with Crippen molar-refractivity contribution in [2.75, 3.05) is 55.8 Å². The van der Waals surface area contributed by atoms with Crippen LogP contribution in [0.3, 0.4) is 0 Å². The lowest BCUT2D eigenvalue weighted by Crippen LogP contribution is -2.35. The maximum Gasteiger partial charge on any atom is 0.416 e. The zero-order valence-electron chi connectivity index (χ0n) is 20.7. The molecule has 0 aliphatic carbocycles. The van der Waals surface area contributed by atoms with Gasteiger partial charge in [-0.05, 0) is 24.3 Å². The summed E-state index contributed by atoms with van der Waals surface area (Å²) in [5.74, 6) is 1.64. The van der Waals surface area contributed by atoms with Crippen LogP contribution in [-0.2, 0) is 17.5 Å². The molecule has 3 aromatic heterocycles. The second-order valence-corrected chi connectivity index (χ2v) is 8.82. The molecule has 1 aromatic carbocycles. The van der Waals surface area contributed by atoms with Crippen LogP contribution < -0.4 is 16.4 Å². The number of halogens is 3. The van der Waals surface area contributed by atoms with Crippen molar-refractivity contribution in [2.24, 2.45) is 0 Å². The minimum Gasteiger partial charge on any atom is -0.383 e. The molecule has 0 atom stereocenters. The highest BCUT2D eigenvalue weighted by Crippen LogP contribution is 2.31. The van der Waals surface area contributed by atoms with Gasteiger partial charge in [0.05, 0.1) is 36.6 Å². The number of benzene rings is 1. The lowest BCUT2D eigenvalue weighted by molar-refractivity contribution is -0.137. The molecular weight excluding hydrogens is 513 g/mol. The van der Waals surface area contributed by atoms with Gasteiger partial charge >= 0.3 is 6.18 Å². The number of aromatic nitrogens is 5. The molecule has 0 unspecified atom stereocenters. The maximum absolute atomic E-state index is 13.1. The maximum atomic E-state index is 13.1. The largest absolute Gasteiger partial charge is 0.416 e. The number of ether oxygens (including phenoxy) is 1. The van der Waals surface area contributed by atoms with E-state index in [4.69, 9.17) is 15.7 Å². The summed E-state index contributed by atoms with van der Waals surface area (Å²) in [4.78, 5) is 15.6. The summed E-state index contributed by atoms with van der Waals surface area (Å²) in [6.45, 7) is 4.21. The van der Waals surface area contributed by atoms with Gasteiger partial charge < -0.3 is 21.1 Å². The Hall–Kier alpha value is -4.48. The number of hydrogen-bond donors (Lipinski definition) is 3. The van der Waals surface area contributed by atoms with E-state index in [2.05, 4.69) is 35.6 Å². The summed E-state index contributed by atoms with van der Waals surface area (Å²) in [5.41, 5.74) is 6.82. The topological polar surface area (TPSA) is 142 Å². The van der Waals surface area contributed by atoms with Crippen LogP contribution in [0, 0.1) is 11.3 Å². The second kappa shape index (κ2) is 11.1. The quantitative estimate of drug-likeness (QED) is 0.287. The molecule has 0 amide bonds. The first-order chi connectivity index (χ1) is 18.8. The number of morpholine rings is 1. The minimum atomic E-state index is -4.43. The van der Waals surface area contributed by atoms with Crippen LogP contribution in [-0.4, -0.2) is 68.9 Å². The second-order valence-electron chi connectivity index (χ2n) is 8.82. The number of nitriles is 1. The highest BCUT2D eigenvalue weighted by Gasteiger charge is 2.30. The smallest absolute Gasteiger partial charge is 0.383 e. The van der Waals surface area contributed by atoms with Crippen LogP contribution in [0.2, 0.25) is 0 Å². The van der Waals surface area contributed by atoms with E-state index < -0.39 is 11.7 Å². The molecule has 1 aliphatic heterocycles. The number of anilines is 3. The molecule has 39 heavy (non-hydrogen) atoms. The van der Waals surface area contributed by atoms with Gasteiger partial charge in [-0.25, -0.2) is 15.0 Å². The number of nitrogens with two attached hydrogens (primary N) is 1. The van der Waals surface area contributed by atoms with Gasteiger partial charge in [-0.3, -0.25) is 4.90 Å². The zero-order valence-corrected chi connectivity index (χ0v) is 20.7. The molecule has 0 saturated carbocycles. The normalized spacial score (nSPS) is 14.3. The van der Waals surface area contributed by atoms with Crippen LogP contribution >= 0.6 is 0 Å². The highest BCUT2D eigenvalue weighted by molar-refractivity contribution is 5.66. The summed E-state index contributed by atoms with van der Waals surface area (Å²) in [5, 5.41) is 20.0. The van der Waals surface area contributed by atoms with E-state index >= 15 is 0 Å². The molecule has 11 nitrogen and oxygen atoms in total. The highest BCUT2D eigenvalue weighted by atomic mass is 19.4. The Bertz CT molecular complexity index is 1490. The Labute approximate surface area is 221 Å². The Balaban J connectivity index is 1.37. The van der Waals surface area contributed by atoms with E-state index in [9.17, 15) is 13.2 Å². The SMILES string of the molecule is N#Cc1ccc(NCCNc2nc(-c3ccc(C(F)(F)F)cc3)cc3nc(CN4CCOCC4)nn23)nc1N. The number of rotatable bonds is 8. The molecular formula is C25H25F3N10O. The number of nitrogens with zero attached hydrogens (tertiary/aromatic N) is 7. The Morgan fingerprint density at radius 1 is 1.00 bits per heavy atom. The third-order valence-electron chi connectivity index (χ3n) is 6.10. The monoisotopic (exact) mass is 538 g/mol. The third kappa shape index (κ3) is 6.16.